The summed E-state index contributed by atoms with van der Waals surface area (Å²) in [5, 5.41) is 10.6. The highest BCUT2D eigenvalue weighted by molar-refractivity contribution is 7.16. The molecule has 33 heavy (non-hydrogen) atoms. The van der Waals surface area contributed by atoms with Crippen molar-refractivity contribution >= 4 is 46.4 Å². The zero-order valence-corrected chi connectivity index (χ0v) is 21.2. The molecule has 0 radical (unpaired) electrons. The molecular formula is C24H29Cl2NO5S. The maximum Gasteiger partial charge on any atom is 0.308 e. The monoisotopic (exact) mass is 513 g/mol. The number of nitrogens with zero attached hydrogens (tertiary/aromatic N) is 1. The van der Waals surface area contributed by atoms with E-state index in [4.69, 9.17) is 32.7 Å². The second-order valence-corrected chi connectivity index (χ2v) is 10.6. The first-order valence-electron chi connectivity index (χ1n) is 11.0. The Morgan fingerprint density at radius 1 is 1.27 bits per heavy atom. The molecule has 1 fully saturated rings. The van der Waals surface area contributed by atoms with Crippen molar-refractivity contribution in [3.05, 3.63) is 56.2 Å². The number of esters is 1. The summed E-state index contributed by atoms with van der Waals surface area (Å²) in [6.45, 7) is 5.84. The number of rotatable bonds is 9. The topological polar surface area (TPSA) is 76.1 Å². The number of benzene rings is 1. The van der Waals surface area contributed by atoms with Gasteiger partial charge in [-0.15, -0.1) is 11.3 Å². The lowest BCUT2D eigenvalue weighted by Gasteiger charge is -2.47. The number of carbonyl (C=O) groups is 2. The second-order valence-electron chi connectivity index (χ2n) is 8.46. The van der Waals surface area contributed by atoms with Crippen molar-refractivity contribution in [3.8, 4) is 0 Å². The SMILES string of the molecule is CCC(CO)N1C(=O)C(CC(=O)OCC(C)C)OC(c2cccc(Cl)c2)C1c1ccc(Cl)s1. The standard InChI is InChI=1S/C24H29Cl2NO5S/c1-4-17(12-28)27-22(19-8-9-20(26)33-19)23(15-6-5-7-16(25)10-15)32-18(24(27)30)11-21(29)31-13-14(2)3/h5-10,14,17-18,22-23,28H,4,11-13H2,1-3H3. The van der Waals surface area contributed by atoms with Gasteiger partial charge in [0.1, 0.15) is 12.2 Å². The van der Waals surface area contributed by atoms with E-state index in [-0.39, 0.29) is 31.5 Å². The Kier molecular flexibility index (Phi) is 9.18. The van der Waals surface area contributed by atoms with Gasteiger partial charge in [-0.2, -0.15) is 0 Å². The first-order chi connectivity index (χ1) is 15.7. The van der Waals surface area contributed by atoms with Crippen molar-refractivity contribution in [1.82, 2.24) is 4.90 Å². The molecule has 1 aliphatic heterocycles. The molecule has 0 spiro atoms. The Bertz CT molecular complexity index is 962. The summed E-state index contributed by atoms with van der Waals surface area (Å²) in [5.41, 5.74) is 0.767. The van der Waals surface area contributed by atoms with Crippen LogP contribution in [0.2, 0.25) is 9.36 Å². The van der Waals surface area contributed by atoms with Crippen molar-refractivity contribution < 1.29 is 24.2 Å². The number of hydrogen-bond acceptors (Lipinski definition) is 6. The van der Waals surface area contributed by atoms with E-state index in [1.807, 2.05) is 39.0 Å². The van der Waals surface area contributed by atoms with Gasteiger partial charge in [-0.05, 0) is 42.2 Å². The van der Waals surface area contributed by atoms with Crippen molar-refractivity contribution in [2.75, 3.05) is 13.2 Å². The van der Waals surface area contributed by atoms with E-state index >= 15 is 0 Å². The van der Waals surface area contributed by atoms with E-state index < -0.39 is 30.3 Å². The number of ether oxygens (including phenoxy) is 2. The second kappa shape index (κ2) is 11.7. The van der Waals surface area contributed by atoms with Crippen LogP contribution in [-0.2, 0) is 19.1 Å². The molecule has 1 N–H and O–H groups in total. The summed E-state index contributed by atoms with van der Waals surface area (Å²) < 4.78 is 12.2. The van der Waals surface area contributed by atoms with Gasteiger partial charge in [0.25, 0.3) is 5.91 Å². The number of halogens is 2. The molecule has 1 aliphatic rings. The number of morpholine rings is 1. The van der Waals surface area contributed by atoms with E-state index in [1.165, 1.54) is 11.3 Å². The van der Waals surface area contributed by atoms with Crippen LogP contribution in [0.3, 0.4) is 0 Å². The molecule has 1 aromatic heterocycles. The molecule has 0 saturated carbocycles. The van der Waals surface area contributed by atoms with Crippen molar-refractivity contribution in [2.45, 2.75) is 57.9 Å². The summed E-state index contributed by atoms with van der Waals surface area (Å²) in [6, 6.07) is 9.88. The molecule has 1 saturated heterocycles. The predicted molar refractivity (Wildman–Crippen MR) is 130 cm³/mol. The van der Waals surface area contributed by atoms with Crippen LogP contribution in [-0.4, -0.2) is 47.2 Å². The third kappa shape index (κ3) is 6.28. The van der Waals surface area contributed by atoms with Crippen LogP contribution >= 0.6 is 34.5 Å². The van der Waals surface area contributed by atoms with Crippen LogP contribution in [0.1, 0.15) is 56.2 Å². The maximum atomic E-state index is 13.6. The first kappa shape index (κ1) is 26.0. The van der Waals surface area contributed by atoms with Crippen LogP contribution < -0.4 is 0 Å². The molecule has 3 rings (SSSR count). The van der Waals surface area contributed by atoms with Gasteiger partial charge >= 0.3 is 5.97 Å². The largest absolute Gasteiger partial charge is 0.465 e. The van der Waals surface area contributed by atoms with Gasteiger partial charge in [-0.25, -0.2) is 0 Å². The van der Waals surface area contributed by atoms with Crippen LogP contribution in [0.4, 0.5) is 0 Å². The van der Waals surface area contributed by atoms with Gasteiger partial charge in [-0.3, -0.25) is 9.59 Å². The lowest BCUT2D eigenvalue weighted by atomic mass is 9.93. The normalized spacial score (nSPS) is 22.0. The molecule has 2 heterocycles. The average molecular weight is 514 g/mol. The van der Waals surface area contributed by atoms with Gasteiger partial charge in [0, 0.05) is 9.90 Å². The highest BCUT2D eigenvalue weighted by atomic mass is 35.5. The summed E-state index contributed by atoms with van der Waals surface area (Å²) >= 11 is 13.9. The molecule has 2 aromatic rings. The lowest BCUT2D eigenvalue weighted by molar-refractivity contribution is -0.185. The number of aliphatic hydroxyl groups excluding tert-OH is 1. The molecule has 4 unspecified atom stereocenters. The third-order valence-electron chi connectivity index (χ3n) is 5.50. The highest BCUT2D eigenvalue weighted by Crippen LogP contribution is 2.46. The molecular weight excluding hydrogens is 485 g/mol. The molecule has 1 amide bonds. The Morgan fingerprint density at radius 3 is 2.61 bits per heavy atom. The first-order valence-corrected chi connectivity index (χ1v) is 12.6. The summed E-state index contributed by atoms with van der Waals surface area (Å²) in [4.78, 5) is 28.6. The van der Waals surface area contributed by atoms with Gasteiger partial charge in [-0.1, -0.05) is 56.1 Å². The fourth-order valence-electron chi connectivity index (χ4n) is 3.90. The predicted octanol–water partition coefficient (Wildman–Crippen LogP) is 5.42. The minimum Gasteiger partial charge on any atom is -0.465 e. The van der Waals surface area contributed by atoms with Gasteiger partial charge in [0.15, 0.2) is 0 Å². The Morgan fingerprint density at radius 2 is 2.03 bits per heavy atom. The van der Waals surface area contributed by atoms with E-state index in [1.54, 1.807) is 23.1 Å². The number of amides is 1. The molecule has 0 aliphatic carbocycles. The molecule has 9 heteroatoms. The van der Waals surface area contributed by atoms with Crippen LogP contribution in [0.25, 0.3) is 0 Å². The Hall–Kier alpha value is -1.64. The quantitative estimate of drug-likeness (QED) is 0.452. The van der Waals surface area contributed by atoms with E-state index in [2.05, 4.69) is 0 Å². The molecule has 4 atom stereocenters. The van der Waals surface area contributed by atoms with E-state index in [0.717, 1.165) is 10.4 Å². The van der Waals surface area contributed by atoms with Crippen LogP contribution in [0, 0.1) is 5.92 Å². The van der Waals surface area contributed by atoms with E-state index in [0.29, 0.717) is 15.8 Å². The van der Waals surface area contributed by atoms with E-state index in [9.17, 15) is 14.7 Å². The minimum atomic E-state index is -1.04. The minimum absolute atomic E-state index is 0.180. The van der Waals surface area contributed by atoms with Crippen molar-refractivity contribution in [3.63, 3.8) is 0 Å². The van der Waals surface area contributed by atoms with Crippen LogP contribution in [0.15, 0.2) is 36.4 Å². The smallest absolute Gasteiger partial charge is 0.308 e. The fraction of sp³-hybridized carbons (Fsp3) is 0.500. The number of hydrogen-bond donors (Lipinski definition) is 1. The summed E-state index contributed by atoms with van der Waals surface area (Å²) in [7, 11) is 0. The Balaban J connectivity index is 2.04. The van der Waals surface area contributed by atoms with Gasteiger partial charge in [0.05, 0.1) is 36.1 Å². The fourth-order valence-corrected chi connectivity index (χ4v) is 5.29. The van der Waals surface area contributed by atoms with Crippen molar-refractivity contribution in [1.29, 1.82) is 0 Å². The lowest BCUT2D eigenvalue weighted by Crippen LogP contribution is -2.56. The maximum absolute atomic E-state index is 13.6. The highest BCUT2D eigenvalue weighted by Gasteiger charge is 2.47. The summed E-state index contributed by atoms with van der Waals surface area (Å²) in [5.74, 6) is -0.675. The summed E-state index contributed by atoms with van der Waals surface area (Å²) in [6.07, 6.45) is -1.33. The average Bonchev–Trinajstić information content (AvgIpc) is 3.21. The number of carbonyl (C=O) groups excluding carboxylic acids is 2. The number of aliphatic hydroxyl groups is 1. The number of thiophene rings is 1. The van der Waals surface area contributed by atoms with Crippen molar-refractivity contribution in [2.24, 2.45) is 5.92 Å². The zero-order valence-electron chi connectivity index (χ0n) is 18.9. The molecule has 180 valence electrons. The van der Waals surface area contributed by atoms with Crippen LogP contribution in [0.5, 0.6) is 0 Å². The van der Waals surface area contributed by atoms with Gasteiger partial charge in [0.2, 0.25) is 0 Å². The zero-order chi connectivity index (χ0) is 24.1. The van der Waals surface area contributed by atoms with Gasteiger partial charge < -0.3 is 19.5 Å². The molecule has 0 bridgehead atoms. The Labute approximate surface area is 208 Å². The third-order valence-corrected chi connectivity index (χ3v) is 7.03. The molecule has 6 nitrogen and oxygen atoms in total. The molecule has 1 aromatic carbocycles.